The summed E-state index contributed by atoms with van der Waals surface area (Å²) in [5, 5.41) is 10.9. The number of hydrogen-bond acceptors (Lipinski definition) is 3. The first-order valence-electron chi connectivity index (χ1n) is 7.39. The van der Waals surface area contributed by atoms with Gasteiger partial charge in [-0.05, 0) is 31.5 Å². The first-order chi connectivity index (χ1) is 11.2. The Morgan fingerprint density at radius 1 is 1.17 bits per heavy atom. The van der Waals surface area contributed by atoms with Crippen LogP contribution in [0.5, 0.6) is 5.75 Å². The van der Waals surface area contributed by atoms with E-state index in [4.69, 9.17) is 23.2 Å². The van der Waals surface area contributed by atoms with Crippen LogP contribution in [-0.4, -0.2) is 27.0 Å². The number of benzene rings is 1. The number of carbonyl (C=O) groups is 1. The molecular formula is C17H16Cl2N2O3. The number of pyridine rings is 1. The molecule has 0 bridgehead atoms. The third kappa shape index (κ3) is 2.78. The van der Waals surface area contributed by atoms with Gasteiger partial charge in [0.2, 0.25) is 5.43 Å². The predicted octanol–water partition coefficient (Wildman–Crippen LogP) is 3.25. The van der Waals surface area contributed by atoms with Crippen LogP contribution in [0, 0.1) is 0 Å². The topological polar surface area (TPSA) is 62.5 Å². The largest absolute Gasteiger partial charge is 0.503 e. The van der Waals surface area contributed by atoms with Crippen LogP contribution in [0.1, 0.15) is 29.9 Å². The molecule has 1 aliphatic rings. The van der Waals surface area contributed by atoms with Gasteiger partial charge in [-0.25, -0.2) is 0 Å². The molecule has 24 heavy (non-hydrogen) atoms. The van der Waals surface area contributed by atoms with E-state index in [1.54, 1.807) is 33.9 Å². The van der Waals surface area contributed by atoms with Gasteiger partial charge in [0, 0.05) is 25.4 Å². The number of fused-ring (bicyclic) bond motifs is 1. The van der Waals surface area contributed by atoms with Gasteiger partial charge in [-0.3, -0.25) is 9.59 Å². The fraction of sp³-hybridized carbons (Fsp3) is 0.294. The van der Waals surface area contributed by atoms with Gasteiger partial charge in [0.05, 0.1) is 15.6 Å². The Morgan fingerprint density at radius 2 is 1.88 bits per heavy atom. The third-order valence-electron chi connectivity index (χ3n) is 4.15. The molecule has 1 N–H and O–H groups in total. The maximum atomic E-state index is 12.8. The van der Waals surface area contributed by atoms with Crippen molar-refractivity contribution in [2.24, 2.45) is 0 Å². The van der Waals surface area contributed by atoms with Crippen LogP contribution in [0.25, 0.3) is 0 Å². The number of amides is 1. The standard InChI is InChI=1S/C17H16Cl2N2O3/c1-17(2)9-20(8-10-3-4-11(18)12(19)7-10)16(24)14-15(23)13(22)5-6-21(14)17/h3-7,23H,8-9H2,1-2H3. The van der Waals surface area contributed by atoms with E-state index in [2.05, 4.69) is 0 Å². The molecule has 126 valence electrons. The van der Waals surface area contributed by atoms with Gasteiger partial charge in [-0.1, -0.05) is 29.3 Å². The molecule has 1 aromatic heterocycles. The maximum Gasteiger partial charge on any atom is 0.274 e. The second-order valence-electron chi connectivity index (χ2n) is 6.47. The normalized spacial score (nSPS) is 16.2. The van der Waals surface area contributed by atoms with E-state index >= 15 is 0 Å². The van der Waals surface area contributed by atoms with Gasteiger partial charge in [0.25, 0.3) is 5.91 Å². The van der Waals surface area contributed by atoms with Gasteiger partial charge in [-0.2, -0.15) is 0 Å². The van der Waals surface area contributed by atoms with Crippen molar-refractivity contribution in [3.63, 3.8) is 0 Å². The van der Waals surface area contributed by atoms with Gasteiger partial charge >= 0.3 is 0 Å². The minimum Gasteiger partial charge on any atom is -0.503 e. The summed E-state index contributed by atoms with van der Waals surface area (Å²) < 4.78 is 1.65. The zero-order valence-corrected chi connectivity index (χ0v) is 14.7. The first-order valence-corrected chi connectivity index (χ1v) is 8.14. The Kier molecular flexibility index (Phi) is 4.10. The third-order valence-corrected chi connectivity index (χ3v) is 4.89. The Bertz CT molecular complexity index is 890. The summed E-state index contributed by atoms with van der Waals surface area (Å²) in [6, 6.07) is 6.44. The molecular weight excluding hydrogens is 351 g/mol. The quantitative estimate of drug-likeness (QED) is 0.886. The summed E-state index contributed by atoms with van der Waals surface area (Å²) in [7, 11) is 0. The molecule has 7 heteroatoms. The summed E-state index contributed by atoms with van der Waals surface area (Å²) in [4.78, 5) is 26.1. The van der Waals surface area contributed by atoms with Gasteiger partial charge in [0.15, 0.2) is 11.4 Å². The molecule has 0 aliphatic carbocycles. The highest BCUT2D eigenvalue weighted by Crippen LogP contribution is 2.31. The molecule has 0 radical (unpaired) electrons. The van der Waals surface area contributed by atoms with Crippen LogP contribution >= 0.6 is 23.2 Å². The molecule has 0 atom stereocenters. The number of nitrogens with zero attached hydrogens (tertiary/aromatic N) is 2. The number of rotatable bonds is 2. The molecule has 1 aliphatic heterocycles. The summed E-state index contributed by atoms with van der Waals surface area (Å²) in [5.41, 5.74) is -0.203. The van der Waals surface area contributed by atoms with E-state index < -0.39 is 22.6 Å². The Hall–Kier alpha value is -1.98. The predicted molar refractivity (Wildman–Crippen MR) is 92.9 cm³/mol. The summed E-state index contributed by atoms with van der Waals surface area (Å²) in [6.45, 7) is 4.62. The van der Waals surface area contributed by atoms with Crippen molar-refractivity contribution in [3.05, 3.63) is 62.0 Å². The Morgan fingerprint density at radius 3 is 2.54 bits per heavy atom. The van der Waals surface area contributed by atoms with Crippen molar-refractivity contribution in [2.75, 3.05) is 6.54 Å². The lowest BCUT2D eigenvalue weighted by molar-refractivity contribution is 0.0567. The van der Waals surface area contributed by atoms with E-state index in [0.29, 0.717) is 23.1 Å². The molecule has 0 fully saturated rings. The minimum atomic E-state index is -0.568. The van der Waals surface area contributed by atoms with Crippen molar-refractivity contribution in [1.29, 1.82) is 0 Å². The summed E-state index contributed by atoms with van der Waals surface area (Å²) >= 11 is 11.9. The highest BCUT2D eigenvalue weighted by molar-refractivity contribution is 6.42. The van der Waals surface area contributed by atoms with E-state index in [0.717, 1.165) is 5.56 Å². The minimum absolute atomic E-state index is 0.0128. The molecule has 0 unspecified atom stereocenters. The zero-order chi connectivity index (χ0) is 17.6. The lowest BCUT2D eigenvalue weighted by atomic mass is 9.98. The van der Waals surface area contributed by atoms with Gasteiger partial charge in [0.1, 0.15) is 0 Å². The number of halogens is 2. The second kappa shape index (κ2) is 5.83. The SMILES string of the molecule is CC1(C)CN(Cc2ccc(Cl)c(Cl)c2)C(=O)c2c(O)c(=O)ccn21. The monoisotopic (exact) mass is 366 g/mol. The lowest BCUT2D eigenvalue weighted by Gasteiger charge is -2.41. The van der Waals surface area contributed by atoms with Crippen LogP contribution in [0.2, 0.25) is 10.0 Å². The van der Waals surface area contributed by atoms with E-state index in [1.807, 2.05) is 13.8 Å². The number of carbonyl (C=O) groups excluding carboxylic acids is 1. The van der Waals surface area contributed by atoms with Crippen LogP contribution in [0.4, 0.5) is 0 Å². The lowest BCUT2D eigenvalue weighted by Crippen LogP contribution is -2.51. The van der Waals surface area contributed by atoms with Crippen molar-refractivity contribution in [3.8, 4) is 5.75 Å². The van der Waals surface area contributed by atoms with E-state index in [9.17, 15) is 14.7 Å². The highest BCUT2D eigenvalue weighted by Gasteiger charge is 2.37. The first kappa shape index (κ1) is 16.9. The average Bonchev–Trinajstić information content (AvgIpc) is 2.50. The maximum absolute atomic E-state index is 12.8. The summed E-state index contributed by atoms with van der Waals surface area (Å²) in [5.74, 6) is -0.912. The van der Waals surface area contributed by atoms with E-state index in [-0.39, 0.29) is 5.69 Å². The molecule has 0 spiro atoms. The van der Waals surface area contributed by atoms with Gasteiger partial charge < -0.3 is 14.6 Å². The van der Waals surface area contributed by atoms with Crippen molar-refractivity contribution in [1.82, 2.24) is 9.47 Å². The van der Waals surface area contributed by atoms with Crippen molar-refractivity contribution in [2.45, 2.75) is 25.9 Å². The average molecular weight is 367 g/mol. The van der Waals surface area contributed by atoms with Crippen LogP contribution in [-0.2, 0) is 12.1 Å². The molecule has 5 nitrogen and oxygen atoms in total. The molecule has 3 rings (SSSR count). The van der Waals surface area contributed by atoms with Crippen LogP contribution in [0.15, 0.2) is 35.3 Å². The second-order valence-corrected chi connectivity index (χ2v) is 7.28. The van der Waals surface area contributed by atoms with Crippen LogP contribution < -0.4 is 5.43 Å². The Balaban J connectivity index is 2.02. The molecule has 0 saturated carbocycles. The van der Waals surface area contributed by atoms with Crippen molar-refractivity contribution < 1.29 is 9.90 Å². The Labute approximate surface area is 149 Å². The molecule has 1 aromatic carbocycles. The van der Waals surface area contributed by atoms with Crippen LogP contribution in [0.3, 0.4) is 0 Å². The molecule has 1 amide bonds. The number of hydrogen-bond donors (Lipinski definition) is 1. The molecule has 2 heterocycles. The number of aromatic hydroxyl groups is 1. The van der Waals surface area contributed by atoms with E-state index in [1.165, 1.54) is 6.07 Å². The smallest absolute Gasteiger partial charge is 0.274 e. The number of aromatic nitrogens is 1. The molecule has 2 aromatic rings. The fourth-order valence-electron chi connectivity index (χ4n) is 2.99. The summed E-state index contributed by atoms with van der Waals surface area (Å²) in [6.07, 6.45) is 1.55. The highest BCUT2D eigenvalue weighted by atomic mass is 35.5. The van der Waals surface area contributed by atoms with Gasteiger partial charge in [-0.15, -0.1) is 0 Å². The van der Waals surface area contributed by atoms with Crippen molar-refractivity contribution >= 4 is 29.1 Å². The molecule has 0 saturated heterocycles. The fourth-order valence-corrected chi connectivity index (χ4v) is 3.31. The zero-order valence-electron chi connectivity index (χ0n) is 13.2.